The molecule has 0 heterocycles. The van der Waals surface area contributed by atoms with E-state index in [1.54, 1.807) is 42.5 Å². The summed E-state index contributed by atoms with van der Waals surface area (Å²) >= 11 is 3.32. The van der Waals surface area contributed by atoms with Crippen molar-refractivity contribution in [1.82, 2.24) is 0 Å². The number of nitrogens with zero attached hydrogens (tertiary/aromatic N) is 1. The number of hydrogen-bond acceptors (Lipinski definition) is 4. The minimum atomic E-state index is -0.525. The van der Waals surface area contributed by atoms with Crippen LogP contribution < -0.4 is 10.6 Å². The van der Waals surface area contributed by atoms with Crippen LogP contribution in [0.25, 0.3) is 0 Å². The number of carbonyl (C=O) groups excluding carboxylic acids is 2. The van der Waals surface area contributed by atoms with Crippen molar-refractivity contribution in [2.75, 3.05) is 10.6 Å². The Labute approximate surface area is 168 Å². The second kappa shape index (κ2) is 8.45. The van der Waals surface area contributed by atoms with Crippen molar-refractivity contribution < 1.29 is 14.5 Å². The molecule has 0 fully saturated rings. The molecule has 0 unspecified atom stereocenters. The maximum absolute atomic E-state index is 12.2. The predicted octanol–water partition coefficient (Wildman–Crippen LogP) is 4.86. The number of nitro benzene ring substituents is 1. The van der Waals surface area contributed by atoms with Crippen LogP contribution in [0.2, 0.25) is 0 Å². The Balaban J connectivity index is 1.63. The standard InChI is InChI=1S/C20H14BrN3O4/c21-15-3-1-2-14(12-15)20(26)23-17-8-6-16(7-9-17)22-19(25)13-4-10-18(11-5-13)24(27)28/h1-12H,(H,22,25)(H,23,26). The van der Waals surface area contributed by atoms with E-state index in [0.717, 1.165) is 4.47 Å². The van der Waals surface area contributed by atoms with E-state index in [0.29, 0.717) is 22.5 Å². The summed E-state index contributed by atoms with van der Waals surface area (Å²) in [7, 11) is 0. The largest absolute Gasteiger partial charge is 0.322 e. The molecular weight excluding hydrogens is 426 g/mol. The molecule has 0 aliphatic carbocycles. The van der Waals surface area contributed by atoms with E-state index >= 15 is 0 Å². The van der Waals surface area contributed by atoms with Gasteiger partial charge in [0.2, 0.25) is 0 Å². The van der Waals surface area contributed by atoms with Crippen molar-refractivity contribution >= 4 is 44.8 Å². The van der Waals surface area contributed by atoms with Gasteiger partial charge in [0, 0.05) is 39.1 Å². The molecule has 2 amide bonds. The highest BCUT2D eigenvalue weighted by molar-refractivity contribution is 9.10. The molecular formula is C20H14BrN3O4. The van der Waals surface area contributed by atoms with Gasteiger partial charge in [-0.25, -0.2) is 0 Å². The molecule has 0 aliphatic rings. The van der Waals surface area contributed by atoms with Gasteiger partial charge in [-0.3, -0.25) is 19.7 Å². The van der Waals surface area contributed by atoms with Crippen LogP contribution in [-0.4, -0.2) is 16.7 Å². The van der Waals surface area contributed by atoms with Gasteiger partial charge in [-0.15, -0.1) is 0 Å². The van der Waals surface area contributed by atoms with Crippen molar-refractivity contribution in [2.24, 2.45) is 0 Å². The molecule has 0 saturated heterocycles. The zero-order valence-electron chi connectivity index (χ0n) is 14.4. The molecule has 0 aliphatic heterocycles. The molecule has 28 heavy (non-hydrogen) atoms. The first-order chi connectivity index (χ1) is 13.4. The monoisotopic (exact) mass is 439 g/mol. The van der Waals surface area contributed by atoms with Gasteiger partial charge in [-0.2, -0.15) is 0 Å². The number of rotatable bonds is 5. The van der Waals surface area contributed by atoms with E-state index in [2.05, 4.69) is 26.6 Å². The molecule has 0 saturated carbocycles. The summed E-state index contributed by atoms with van der Waals surface area (Å²) in [4.78, 5) is 34.6. The third-order valence-electron chi connectivity index (χ3n) is 3.83. The fourth-order valence-electron chi connectivity index (χ4n) is 2.41. The summed E-state index contributed by atoms with van der Waals surface area (Å²) < 4.78 is 0.810. The number of amides is 2. The molecule has 3 aromatic rings. The lowest BCUT2D eigenvalue weighted by molar-refractivity contribution is -0.384. The minimum absolute atomic E-state index is 0.0814. The number of hydrogen-bond donors (Lipinski definition) is 2. The summed E-state index contributed by atoms with van der Waals surface area (Å²) in [6, 6.07) is 19.0. The van der Waals surface area contributed by atoms with Crippen molar-refractivity contribution in [1.29, 1.82) is 0 Å². The van der Waals surface area contributed by atoms with Crippen molar-refractivity contribution in [3.05, 3.63) is 98.5 Å². The SMILES string of the molecule is O=C(Nc1ccc(NC(=O)c2cccc(Br)c2)cc1)c1ccc([N+](=O)[O-])cc1. The average Bonchev–Trinajstić information content (AvgIpc) is 2.69. The summed E-state index contributed by atoms with van der Waals surface area (Å²) in [6.07, 6.45) is 0. The summed E-state index contributed by atoms with van der Waals surface area (Å²) in [6.45, 7) is 0. The maximum Gasteiger partial charge on any atom is 0.269 e. The van der Waals surface area contributed by atoms with Gasteiger partial charge in [0.25, 0.3) is 17.5 Å². The Morgan fingerprint density at radius 3 is 1.82 bits per heavy atom. The molecule has 2 N–H and O–H groups in total. The number of benzene rings is 3. The fraction of sp³-hybridized carbons (Fsp3) is 0. The lowest BCUT2D eigenvalue weighted by Gasteiger charge is -2.08. The van der Waals surface area contributed by atoms with Crippen molar-refractivity contribution in [2.45, 2.75) is 0 Å². The normalized spacial score (nSPS) is 10.2. The second-order valence-corrected chi connectivity index (χ2v) is 6.72. The fourth-order valence-corrected chi connectivity index (χ4v) is 2.81. The molecule has 0 radical (unpaired) electrons. The van der Waals surface area contributed by atoms with Gasteiger partial charge in [0.1, 0.15) is 0 Å². The Bertz CT molecular complexity index is 1030. The summed E-state index contributed by atoms with van der Waals surface area (Å²) in [5, 5.41) is 16.1. The van der Waals surface area contributed by atoms with Gasteiger partial charge < -0.3 is 10.6 Å². The van der Waals surface area contributed by atoms with Crippen LogP contribution in [0.5, 0.6) is 0 Å². The van der Waals surface area contributed by atoms with Crippen LogP contribution >= 0.6 is 15.9 Å². The van der Waals surface area contributed by atoms with Gasteiger partial charge >= 0.3 is 0 Å². The van der Waals surface area contributed by atoms with Gasteiger partial charge in [0.05, 0.1) is 4.92 Å². The van der Waals surface area contributed by atoms with E-state index in [9.17, 15) is 19.7 Å². The van der Waals surface area contributed by atoms with Crippen LogP contribution in [0, 0.1) is 10.1 Å². The Hall–Kier alpha value is -3.52. The van der Waals surface area contributed by atoms with Crippen LogP contribution in [0.15, 0.2) is 77.3 Å². The minimum Gasteiger partial charge on any atom is -0.322 e. The third kappa shape index (κ3) is 4.80. The van der Waals surface area contributed by atoms with Crippen LogP contribution in [-0.2, 0) is 0 Å². The molecule has 140 valence electrons. The Morgan fingerprint density at radius 1 is 0.786 bits per heavy atom. The van der Waals surface area contributed by atoms with Crippen LogP contribution in [0.1, 0.15) is 20.7 Å². The molecule has 0 spiro atoms. The van der Waals surface area contributed by atoms with E-state index in [4.69, 9.17) is 0 Å². The Morgan fingerprint density at radius 2 is 1.32 bits per heavy atom. The zero-order chi connectivity index (χ0) is 20.1. The first kappa shape index (κ1) is 19.2. The van der Waals surface area contributed by atoms with Crippen LogP contribution in [0.3, 0.4) is 0 Å². The summed E-state index contributed by atoms with van der Waals surface area (Å²) in [5.74, 6) is -0.634. The highest BCUT2D eigenvalue weighted by Crippen LogP contribution is 2.18. The van der Waals surface area contributed by atoms with E-state index in [1.165, 1.54) is 24.3 Å². The van der Waals surface area contributed by atoms with Crippen molar-refractivity contribution in [3.63, 3.8) is 0 Å². The van der Waals surface area contributed by atoms with Crippen LogP contribution in [0.4, 0.5) is 17.1 Å². The predicted molar refractivity (Wildman–Crippen MR) is 110 cm³/mol. The molecule has 0 bridgehead atoms. The smallest absolute Gasteiger partial charge is 0.269 e. The maximum atomic E-state index is 12.2. The molecule has 0 aromatic heterocycles. The van der Waals surface area contributed by atoms with Crippen molar-refractivity contribution in [3.8, 4) is 0 Å². The molecule has 7 nitrogen and oxygen atoms in total. The van der Waals surface area contributed by atoms with E-state index in [1.807, 2.05) is 6.07 Å². The molecule has 3 aromatic carbocycles. The number of halogens is 1. The second-order valence-electron chi connectivity index (χ2n) is 5.80. The van der Waals surface area contributed by atoms with Gasteiger partial charge in [0.15, 0.2) is 0 Å². The third-order valence-corrected chi connectivity index (χ3v) is 4.32. The van der Waals surface area contributed by atoms with E-state index in [-0.39, 0.29) is 17.5 Å². The quantitative estimate of drug-likeness (QED) is 0.437. The highest BCUT2D eigenvalue weighted by atomic mass is 79.9. The first-order valence-corrected chi connectivity index (χ1v) is 8.94. The van der Waals surface area contributed by atoms with Gasteiger partial charge in [-0.05, 0) is 54.6 Å². The molecule has 0 atom stereocenters. The lowest BCUT2D eigenvalue weighted by Crippen LogP contribution is -2.13. The Kier molecular flexibility index (Phi) is 5.81. The average molecular weight is 440 g/mol. The topological polar surface area (TPSA) is 101 Å². The number of carbonyl (C=O) groups is 2. The number of non-ortho nitro benzene ring substituents is 1. The summed E-state index contributed by atoms with van der Waals surface area (Å²) in [5.41, 5.74) is 1.85. The lowest BCUT2D eigenvalue weighted by atomic mass is 10.2. The molecule has 8 heteroatoms. The number of anilines is 2. The number of nitro groups is 1. The molecule has 3 rings (SSSR count). The van der Waals surface area contributed by atoms with E-state index < -0.39 is 4.92 Å². The zero-order valence-corrected chi connectivity index (χ0v) is 16.0. The number of nitrogens with one attached hydrogen (secondary N) is 2. The first-order valence-electron chi connectivity index (χ1n) is 8.15. The highest BCUT2D eigenvalue weighted by Gasteiger charge is 2.10. The van der Waals surface area contributed by atoms with Gasteiger partial charge in [-0.1, -0.05) is 22.0 Å².